The number of hydrogen-bond donors (Lipinski definition) is 2. The van der Waals surface area contributed by atoms with Gasteiger partial charge in [-0.2, -0.15) is 0 Å². The van der Waals surface area contributed by atoms with Crippen LogP contribution in [-0.2, 0) is 10.0 Å². The van der Waals surface area contributed by atoms with Crippen molar-refractivity contribution in [3.05, 3.63) is 53.3 Å². The molecule has 6 nitrogen and oxygen atoms in total. The third-order valence-electron chi connectivity index (χ3n) is 2.64. The van der Waals surface area contributed by atoms with Crippen LogP contribution in [0.4, 0.5) is 5.69 Å². The Morgan fingerprint density at radius 3 is 2.33 bits per heavy atom. The highest BCUT2D eigenvalue weighted by molar-refractivity contribution is 7.92. The van der Waals surface area contributed by atoms with Gasteiger partial charge in [-0.15, -0.1) is 0 Å². The third-order valence-corrected chi connectivity index (χ3v) is 4.23. The molecule has 0 unspecified atom stereocenters. The summed E-state index contributed by atoms with van der Waals surface area (Å²) in [7, 11) is -2.22. The summed E-state index contributed by atoms with van der Waals surface area (Å²) in [6.45, 7) is 0. The minimum absolute atomic E-state index is 0.00211. The molecule has 2 aromatic rings. The van der Waals surface area contributed by atoms with Gasteiger partial charge in [0.1, 0.15) is 10.0 Å². The fourth-order valence-corrected chi connectivity index (χ4v) is 2.68. The summed E-state index contributed by atoms with van der Waals surface area (Å²) in [4.78, 5) is 15.1. The number of nitrogens with one attached hydrogen (secondary N) is 2. The van der Waals surface area contributed by atoms with E-state index in [0.717, 1.165) is 0 Å². The van der Waals surface area contributed by atoms with Crippen molar-refractivity contribution in [2.75, 3.05) is 11.8 Å². The number of halogens is 1. The Morgan fingerprint density at radius 2 is 1.81 bits per heavy atom. The van der Waals surface area contributed by atoms with Crippen molar-refractivity contribution >= 4 is 33.2 Å². The maximum absolute atomic E-state index is 12.1. The molecule has 21 heavy (non-hydrogen) atoms. The largest absolute Gasteiger partial charge is 0.355 e. The van der Waals surface area contributed by atoms with E-state index in [0.29, 0.717) is 11.3 Å². The molecule has 2 rings (SSSR count). The number of aromatic nitrogens is 1. The highest BCUT2D eigenvalue weighted by Gasteiger charge is 2.14. The minimum atomic E-state index is -3.74. The highest BCUT2D eigenvalue weighted by atomic mass is 35.5. The second-order valence-corrected chi connectivity index (χ2v) is 6.15. The summed E-state index contributed by atoms with van der Waals surface area (Å²) in [6.07, 6.45) is 1.17. The highest BCUT2D eigenvalue weighted by Crippen LogP contribution is 2.17. The molecule has 0 atom stereocenters. The van der Waals surface area contributed by atoms with E-state index < -0.39 is 10.0 Å². The van der Waals surface area contributed by atoms with Crippen LogP contribution < -0.4 is 10.0 Å². The lowest BCUT2D eigenvalue weighted by Gasteiger charge is -2.08. The summed E-state index contributed by atoms with van der Waals surface area (Å²) in [5.74, 6) is -0.244. The van der Waals surface area contributed by atoms with Crippen LogP contribution in [0.1, 0.15) is 10.4 Å². The summed E-state index contributed by atoms with van der Waals surface area (Å²) in [6, 6.07) is 8.81. The van der Waals surface area contributed by atoms with Gasteiger partial charge in [-0.1, -0.05) is 11.6 Å². The predicted octanol–water partition coefficient (Wildman–Crippen LogP) is 1.90. The summed E-state index contributed by atoms with van der Waals surface area (Å²) >= 11 is 5.62. The molecule has 1 heterocycles. The van der Waals surface area contributed by atoms with E-state index in [2.05, 4.69) is 15.0 Å². The molecule has 2 N–H and O–H groups in total. The number of carbonyl (C=O) groups excluding carboxylic acids is 1. The first kappa shape index (κ1) is 15.3. The molecule has 0 fully saturated rings. The molecule has 110 valence electrons. The molecule has 0 aliphatic heterocycles. The molecule has 1 aromatic heterocycles. The maximum Gasteiger partial charge on any atom is 0.263 e. The first-order valence-corrected chi connectivity index (χ1v) is 7.75. The van der Waals surface area contributed by atoms with Gasteiger partial charge in [-0.3, -0.25) is 9.52 Å². The van der Waals surface area contributed by atoms with Crippen molar-refractivity contribution < 1.29 is 13.2 Å². The topological polar surface area (TPSA) is 88.2 Å². The first-order chi connectivity index (χ1) is 9.92. The van der Waals surface area contributed by atoms with E-state index >= 15 is 0 Å². The zero-order chi connectivity index (χ0) is 15.5. The van der Waals surface area contributed by atoms with Crippen LogP contribution in [0.2, 0.25) is 5.15 Å². The second kappa shape index (κ2) is 6.11. The molecule has 1 amide bonds. The Morgan fingerprint density at radius 1 is 1.14 bits per heavy atom. The van der Waals surface area contributed by atoms with Gasteiger partial charge in [-0.05, 0) is 36.4 Å². The van der Waals surface area contributed by atoms with E-state index in [1.165, 1.54) is 49.6 Å². The van der Waals surface area contributed by atoms with Crippen LogP contribution in [0.5, 0.6) is 0 Å². The average molecular weight is 326 g/mol. The van der Waals surface area contributed by atoms with Crippen molar-refractivity contribution in [2.45, 2.75) is 4.90 Å². The molecule has 0 bridgehead atoms. The van der Waals surface area contributed by atoms with Crippen LogP contribution in [0.25, 0.3) is 0 Å². The first-order valence-electron chi connectivity index (χ1n) is 5.89. The van der Waals surface area contributed by atoms with Crippen LogP contribution >= 0.6 is 11.6 Å². The molecule has 8 heteroatoms. The van der Waals surface area contributed by atoms with Gasteiger partial charge in [0.25, 0.3) is 15.9 Å². The predicted molar refractivity (Wildman–Crippen MR) is 79.9 cm³/mol. The van der Waals surface area contributed by atoms with Gasteiger partial charge >= 0.3 is 0 Å². The van der Waals surface area contributed by atoms with Gasteiger partial charge in [0.2, 0.25) is 0 Å². The third kappa shape index (κ3) is 3.71. The van der Waals surface area contributed by atoms with Gasteiger partial charge in [0.05, 0.1) is 0 Å². The van der Waals surface area contributed by atoms with Crippen molar-refractivity contribution in [1.82, 2.24) is 10.3 Å². The quantitative estimate of drug-likeness (QED) is 0.840. The number of pyridine rings is 1. The van der Waals surface area contributed by atoms with Crippen LogP contribution in [0, 0.1) is 0 Å². The zero-order valence-electron chi connectivity index (χ0n) is 11.0. The Bertz CT molecular complexity index is 743. The normalized spacial score (nSPS) is 11.0. The molecule has 0 saturated heterocycles. The lowest BCUT2D eigenvalue weighted by molar-refractivity contribution is 0.0963. The Kier molecular flexibility index (Phi) is 4.44. The molecular weight excluding hydrogens is 314 g/mol. The number of carbonyl (C=O) groups is 1. The van der Waals surface area contributed by atoms with Crippen molar-refractivity contribution in [2.24, 2.45) is 0 Å². The van der Waals surface area contributed by atoms with E-state index in [1.54, 1.807) is 0 Å². The molecule has 0 spiro atoms. The van der Waals surface area contributed by atoms with Crippen molar-refractivity contribution in [1.29, 1.82) is 0 Å². The van der Waals surface area contributed by atoms with Crippen molar-refractivity contribution in [3.8, 4) is 0 Å². The number of sulfonamides is 1. The smallest absolute Gasteiger partial charge is 0.263 e. The molecule has 0 aliphatic rings. The Balaban J connectivity index is 2.20. The number of amides is 1. The molecule has 0 saturated carbocycles. The van der Waals surface area contributed by atoms with Gasteiger partial charge < -0.3 is 5.32 Å². The monoisotopic (exact) mass is 325 g/mol. The summed E-state index contributed by atoms with van der Waals surface area (Å²) in [5, 5.41) is 2.69. The molecular formula is C13H12ClN3O3S. The molecule has 0 aliphatic carbocycles. The standard InChI is InChI=1S/C13H12ClN3O3S/c1-15-13(18)9-2-4-10(5-3-9)17-21(19,20)11-6-7-12(14)16-8-11/h2-8,17H,1H3,(H,15,18). The zero-order valence-corrected chi connectivity index (χ0v) is 12.6. The molecule has 1 aromatic carbocycles. The fourth-order valence-electron chi connectivity index (χ4n) is 1.57. The SMILES string of the molecule is CNC(=O)c1ccc(NS(=O)(=O)c2ccc(Cl)nc2)cc1. The Hall–Kier alpha value is -2.12. The maximum atomic E-state index is 12.1. The average Bonchev–Trinajstić information content (AvgIpc) is 2.47. The number of nitrogens with zero attached hydrogens (tertiary/aromatic N) is 1. The van der Waals surface area contributed by atoms with Gasteiger partial charge in [-0.25, -0.2) is 13.4 Å². The Labute approximate surface area is 127 Å². The molecule has 0 radical (unpaired) electrons. The second-order valence-electron chi connectivity index (χ2n) is 4.08. The summed E-state index contributed by atoms with van der Waals surface area (Å²) < 4.78 is 26.6. The van der Waals surface area contributed by atoms with Crippen LogP contribution in [0.3, 0.4) is 0 Å². The number of rotatable bonds is 4. The lowest BCUT2D eigenvalue weighted by atomic mass is 10.2. The van der Waals surface area contributed by atoms with E-state index in [9.17, 15) is 13.2 Å². The summed E-state index contributed by atoms with van der Waals surface area (Å²) in [5.41, 5.74) is 0.784. The number of benzene rings is 1. The van der Waals surface area contributed by atoms with Gasteiger partial charge in [0, 0.05) is 24.5 Å². The number of hydrogen-bond acceptors (Lipinski definition) is 4. The minimum Gasteiger partial charge on any atom is -0.355 e. The van der Waals surface area contributed by atoms with Gasteiger partial charge in [0.15, 0.2) is 0 Å². The van der Waals surface area contributed by atoms with Crippen LogP contribution in [-0.4, -0.2) is 26.4 Å². The fraction of sp³-hybridized carbons (Fsp3) is 0.0769. The number of anilines is 1. The van der Waals surface area contributed by atoms with E-state index in [-0.39, 0.29) is 16.0 Å². The van der Waals surface area contributed by atoms with E-state index in [1.807, 2.05) is 0 Å². The van der Waals surface area contributed by atoms with E-state index in [4.69, 9.17) is 11.6 Å². The lowest BCUT2D eigenvalue weighted by Crippen LogP contribution is -2.18. The van der Waals surface area contributed by atoms with Crippen molar-refractivity contribution in [3.63, 3.8) is 0 Å². The van der Waals surface area contributed by atoms with Crippen LogP contribution in [0.15, 0.2) is 47.5 Å².